The molecule has 0 aromatic rings. The minimum absolute atomic E-state index is 0.0858. The number of hydrogen-bond donors (Lipinski definition) is 3. The molecule has 2 atom stereocenters. The number of allylic oxidation sites excluding steroid dienone is 9. The van der Waals surface area contributed by atoms with Crippen molar-refractivity contribution in [2.45, 2.75) is 199 Å². The molecule has 3 N–H and O–H groups in total. The largest absolute Gasteiger partial charge is 0.394 e. The van der Waals surface area contributed by atoms with Gasteiger partial charge in [0.15, 0.2) is 0 Å². The summed E-state index contributed by atoms with van der Waals surface area (Å²) < 4.78 is 0. The predicted molar refractivity (Wildman–Crippen MR) is 207 cm³/mol. The van der Waals surface area contributed by atoms with E-state index in [1.807, 2.05) is 6.08 Å². The zero-order valence-corrected chi connectivity index (χ0v) is 31.0. The summed E-state index contributed by atoms with van der Waals surface area (Å²) in [4.78, 5) is 12.3. The summed E-state index contributed by atoms with van der Waals surface area (Å²) in [5.41, 5.74) is 0. The molecule has 0 spiro atoms. The zero-order chi connectivity index (χ0) is 34.3. The zero-order valence-electron chi connectivity index (χ0n) is 31.0. The monoisotopic (exact) mass is 656 g/mol. The molecule has 2 unspecified atom stereocenters. The SMILES string of the molecule is CCCCCC/C=C/CC/C=C/CC/C=C/C(O)C(CO)NC(=O)CCCCCCCCCCC/C=C\C/C=C\CCCCCCC. The van der Waals surface area contributed by atoms with E-state index in [0.29, 0.717) is 6.42 Å². The van der Waals surface area contributed by atoms with E-state index in [-0.39, 0.29) is 12.5 Å². The van der Waals surface area contributed by atoms with Gasteiger partial charge >= 0.3 is 0 Å². The molecule has 0 aliphatic heterocycles. The highest BCUT2D eigenvalue weighted by Crippen LogP contribution is 2.12. The van der Waals surface area contributed by atoms with Crippen molar-refractivity contribution in [1.29, 1.82) is 0 Å². The Morgan fingerprint density at radius 2 is 0.894 bits per heavy atom. The third-order valence-electron chi connectivity index (χ3n) is 8.70. The maximum absolute atomic E-state index is 12.3. The minimum Gasteiger partial charge on any atom is -0.394 e. The number of aliphatic hydroxyl groups excluding tert-OH is 2. The molecule has 0 aliphatic carbocycles. The Kier molecular flexibility index (Phi) is 37.0. The van der Waals surface area contributed by atoms with Crippen LogP contribution in [0.4, 0.5) is 0 Å². The fourth-order valence-corrected chi connectivity index (χ4v) is 5.59. The van der Waals surface area contributed by atoms with E-state index in [1.54, 1.807) is 6.08 Å². The van der Waals surface area contributed by atoms with Crippen LogP contribution < -0.4 is 5.32 Å². The van der Waals surface area contributed by atoms with Crippen LogP contribution in [0.2, 0.25) is 0 Å². The lowest BCUT2D eigenvalue weighted by molar-refractivity contribution is -0.123. The topological polar surface area (TPSA) is 69.6 Å². The van der Waals surface area contributed by atoms with Crippen molar-refractivity contribution in [2.24, 2.45) is 0 Å². The van der Waals surface area contributed by atoms with Crippen LogP contribution >= 0.6 is 0 Å². The normalized spacial score (nSPS) is 13.7. The van der Waals surface area contributed by atoms with Crippen LogP contribution in [0.1, 0.15) is 187 Å². The molecule has 0 saturated carbocycles. The van der Waals surface area contributed by atoms with E-state index in [1.165, 1.54) is 122 Å². The van der Waals surface area contributed by atoms with Crippen molar-refractivity contribution >= 4 is 5.91 Å². The first-order valence-corrected chi connectivity index (χ1v) is 20.0. The average molecular weight is 656 g/mol. The molecule has 4 heteroatoms. The Morgan fingerprint density at radius 1 is 0.511 bits per heavy atom. The molecule has 1 amide bonds. The van der Waals surface area contributed by atoms with Gasteiger partial charge in [0, 0.05) is 6.42 Å². The number of carbonyl (C=O) groups excluding carboxylic acids is 1. The molecule has 0 heterocycles. The van der Waals surface area contributed by atoms with Gasteiger partial charge in [-0.05, 0) is 77.0 Å². The molecule has 0 bridgehead atoms. The lowest BCUT2D eigenvalue weighted by Crippen LogP contribution is -2.45. The number of hydrogen-bond acceptors (Lipinski definition) is 3. The molecule has 0 aromatic heterocycles. The highest BCUT2D eigenvalue weighted by atomic mass is 16.3. The molecule has 0 aromatic carbocycles. The molecular formula is C43H77NO3. The van der Waals surface area contributed by atoms with Crippen LogP contribution in [0.3, 0.4) is 0 Å². The summed E-state index contributed by atoms with van der Waals surface area (Å²) in [7, 11) is 0. The van der Waals surface area contributed by atoms with Crippen LogP contribution in [0.25, 0.3) is 0 Å². The van der Waals surface area contributed by atoms with Gasteiger partial charge in [-0.25, -0.2) is 0 Å². The van der Waals surface area contributed by atoms with E-state index in [2.05, 4.69) is 67.8 Å². The number of aliphatic hydroxyl groups is 2. The molecule has 0 fully saturated rings. The van der Waals surface area contributed by atoms with Crippen molar-refractivity contribution in [3.05, 3.63) is 60.8 Å². The van der Waals surface area contributed by atoms with Crippen LogP contribution in [0, 0.1) is 0 Å². The molecule has 0 radical (unpaired) electrons. The van der Waals surface area contributed by atoms with Gasteiger partial charge in [0.2, 0.25) is 5.91 Å². The number of rotatable bonds is 35. The Morgan fingerprint density at radius 3 is 1.38 bits per heavy atom. The van der Waals surface area contributed by atoms with Crippen molar-refractivity contribution in [2.75, 3.05) is 6.61 Å². The van der Waals surface area contributed by atoms with Crippen LogP contribution in [0.15, 0.2) is 60.8 Å². The fourth-order valence-electron chi connectivity index (χ4n) is 5.59. The molecule has 0 saturated heterocycles. The summed E-state index contributed by atoms with van der Waals surface area (Å²) in [6.45, 7) is 4.24. The summed E-state index contributed by atoms with van der Waals surface area (Å²) in [5, 5.41) is 22.9. The van der Waals surface area contributed by atoms with E-state index >= 15 is 0 Å². The predicted octanol–water partition coefficient (Wildman–Crippen LogP) is 12.2. The molecular weight excluding hydrogens is 578 g/mol. The lowest BCUT2D eigenvalue weighted by atomic mass is 10.1. The van der Waals surface area contributed by atoms with Crippen LogP contribution in [-0.4, -0.2) is 34.9 Å². The number of unbranched alkanes of at least 4 members (excludes halogenated alkanes) is 20. The second-order valence-electron chi connectivity index (χ2n) is 13.3. The summed E-state index contributed by atoms with van der Waals surface area (Å²) >= 11 is 0. The van der Waals surface area contributed by atoms with Gasteiger partial charge < -0.3 is 15.5 Å². The number of nitrogens with one attached hydrogen (secondary N) is 1. The summed E-state index contributed by atoms with van der Waals surface area (Å²) in [6, 6.07) is -0.648. The van der Waals surface area contributed by atoms with Gasteiger partial charge in [-0.3, -0.25) is 4.79 Å². The van der Waals surface area contributed by atoms with E-state index < -0.39 is 12.1 Å². The second kappa shape index (κ2) is 38.5. The van der Waals surface area contributed by atoms with Gasteiger partial charge in [0.05, 0.1) is 18.8 Å². The Balaban J connectivity index is 3.67. The maximum atomic E-state index is 12.3. The van der Waals surface area contributed by atoms with E-state index in [9.17, 15) is 15.0 Å². The molecule has 272 valence electrons. The minimum atomic E-state index is -0.872. The fraction of sp³-hybridized carbons (Fsp3) is 0.744. The Hall–Kier alpha value is -1.91. The van der Waals surface area contributed by atoms with E-state index in [0.717, 1.165) is 44.9 Å². The first-order chi connectivity index (χ1) is 23.2. The Bertz CT molecular complexity index is 797. The third kappa shape index (κ3) is 35.2. The van der Waals surface area contributed by atoms with Crippen molar-refractivity contribution in [1.82, 2.24) is 5.32 Å². The highest BCUT2D eigenvalue weighted by Gasteiger charge is 2.17. The van der Waals surface area contributed by atoms with Crippen LogP contribution in [-0.2, 0) is 4.79 Å². The quantitative estimate of drug-likeness (QED) is 0.0470. The van der Waals surface area contributed by atoms with Gasteiger partial charge in [-0.2, -0.15) is 0 Å². The first kappa shape index (κ1) is 45.1. The molecule has 0 aliphatic rings. The van der Waals surface area contributed by atoms with Crippen molar-refractivity contribution in [3.63, 3.8) is 0 Å². The van der Waals surface area contributed by atoms with Gasteiger partial charge in [-0.15, -0.1) is 0 Å². The Labute approximate surface area is 292 Å². The summed E-state index contributed by atoms with van der Waals surface area (Å²) in [5.74, 6) is -0.0858. The van der Waals surface area contributed by atoms with Gasteiger partial charge in [0.1, 0.15) is 0 Å². The standard InChI is InChI=1S/C43H77NO3/c1-3-5-7-9-11-13-15-17-19-20-21-22-23-24-25-27-29-31-33-35-37-39-43(47)44-41(40-45)42(46)38-36-34-32-30-28-26-18-16-14-12-10-8-6-4-2/h14-17,20-21,28,30,36,38,41-42,45-46H,3-13,18-19,22-27,29,31-35,37,39-40H2,1-2H3,(H,44,47)/b16-14+,17-15-,21-20-,30-28+,38-36+. The average Bonchev–Trinajstić information content (AvgIpc) is 3.07. The second-order valence-corrected chi connectivity index (χ2v) is 13.3. The lowest BCUT2D eigenvalue weighted by Gasteiger charge is -2.19. The smallest absolute Gasteiger partial charge is 0.220 e. The highest BCUT2D eigenvalue weighted by molar-refractivity contribution is 5.76. The van der Waals surface area contributed by atoms with Crippen molar-refractivity contribution < 1.29 is 15.0 Å². The van der Waals surface area contributed by atoms with Gasteiger partial charge in [-0.1, -0.05) is 164 Å². The third-order valence-corrected chi connectivity index (χ3v) is 8.70. The molecule has 4 nitrogen and oxygen atoms in total. The number of amides is 1. The van der Waals surface area contributed by atoms with Crippen molar-refractivity contribution in [3.8, 4) is 0 Å². The van der Waals surface area contributed by atoms with Crippen LogP contribution in [0.5, 0.6) is 0 Å². The maximum Gasteiger partial charge on any atom is 0.220 e. The van der Waals surface area contributed by atoms with Gasteiger partial charge in [0.25, 0.3) is 0 Å². The summed E-state index contributed by atoms with van der Waals surface area (Å²) in [6.07, 6.45) is 53.1. The van der Waals surface area contributed by atoms with E-state index in [4.69, 9.17) is 0 Å². The molecule has 0 rings (SSSR count). The number of carbonyl (C=O) groups is 1. The first-order valence-electron chi connectivity index (χ1n) is 20.0. The molecule has 47 heavy (non-hydrogen) atoms.